The highest BCUT2D eigenvalue weighted by atomic mass is 19.1. The lowest BCUT2D eigenvalue weighted by Crippen LogP contribution is -2.49. The third kappa shape index (κ3) is 6.12. The van der Waals surface area contributed by atoms with Crippen LogP contribution in [0.3, 0.4) is 0 Å². The van der Waals surface area contributed by atoms with Crippen molar-refractivity contribution in [3.63, 3.8) is 0 Å². The van der Waals surface area contributed by atoms with Gasteiger partial charge < -0.3 is 15.3 Å². The molecule has 0 aliphatic rings. The summed E-state index contributed by atoms with van der Waals surface area (Å²) in [5.41, 5.74) is -0.363. The zero-order valence-corrected chi connectivity index (χ0v) is 13.2. The van der Waals surface area contributed by atoms with E-state index in [9.17, 15) is 14.3 Å². The molecule has 1 atom stereocenters. The van der Waals surface area contributed by atoms with Gasteiger partial charge in [-0.05, 0) is 45.7 Å². The molecule has 0 spiro atoms. The Morgan fingerprint density at radius 3 is 2.57 bits per heavy atom. The summed E-state index contributed by atoms with van der Waals surface area (Å²) in [6.45, 7) is 7.76. The summed E-state index contributed by atoms with van der Waals surface area (Å²) in [5, 5.41) is 12.6. The van der Waals surface area contributed by atoms with E-state index < -0.39 is 5.60 Å². The normalized spacial score (nSPS) is 12.9. The number of aliphatic hydroxyl groups is 1. The minimum Gasteiger partial charge on any atom is -0.389 e. The Hall–Kier alpha value is -1.62. The van der Waals surface area contributed by atoms with Gasteiger partial charge in [0.1, 0.15) is 5.82 Å². The second-order valence-electron chi connectivity index (χ2n) is 5.97. The molecule has 0 saturated heterocycles. The number of nitrogens with zero attached hydrogens (tertiary/aromatic N) is 1. The number of urea groups is 1. The third-order valence-electron chi connectivity index (χ3n) is 3.10. The highest BCUT2D eigenvalue weighted by molar-refractivity contribution is 5.74. The van der Waals surface area contributed by atoms with E-state index in [2.05, 4.69) is 5.32 Å². The van der Waals surface area contributed by atoms with Crippen LogP contribution in [0.25, 0.3) is 0 Å². The van der Waals surface area contributed by atoms with Crippen LogP contribution in [0.5, 0.6) is 0 Å². The van der Waals surface area contributed by atoms with Gasteiger partial charge in [0.25, 0.3) is 0 Å². The van der Waals surface area contributed by atoms with Gasteiger partial charge in [-0.2, -0.15) is 0 Å². The maximum absolute atomic E-state index is 13.6. The van der Waals surface area contributed by atoms with Crippen molar-refractivity contribution in [3.8, 4) is 0 Å². The van der Waals surface area contributed by atoms with Crippen LogP contribution < -0.4 is 5.32 Å². The van der Waals surface area contributed by atoms with Gasteiger partial charge in [-0.25, -0.2) is 9.18 Å². The van der Waals surface area contributed by atoms with Crippen molar-refractivity contribution in [3.05, 3.63) is 35.6 Å². The van der Waals surface area contributed by atoms with Gasteiger partial charge in [0, 0.05) is 12.6 Å². The second-order valence-corrected chi connectivity index (χ2v) is 5.97. The largest absolute Gasteiger partial charge is 0.389 e. The molecule has 0 aliphatic heterocycles. The fourth-order valence-electron chi connectivity index (χ4n) is 2.14. The SMILES string of the molecule is CCN(CC(C)(C)O)C(=O)NC(C)Cc1ccccc1F. The third-order valence-corrected chi connectivity index (χ3v) is 3.10. The molecule has 0 heterocycles. The summed E-state index contributed by atoms with van der Waals surface area (Å²) < 4.78 is 13.6. The van der Waals surface area contributed by atoms with E-state index in [0.717, 1.165) is 0 Å². The van der Waals surface area contributed by atoms with Crippen LogP contribution in [0, 0.1) is 5.82 Å². The average molecular weight is 296 g/mol. The Balaban J connectivity index is 2.59. The summed E-state index contributed by atoms with van der Waals surface area (Å²) in [6, 6.07) is 6.11. The van der Waals surface area contributed by atoms with Crippen LogP contribution in [0.2, 0.25) is 0 Å². The molecule has 0 fully saturated rings. The maximum Gasteiger partial charge on any atom is 0.317 e. The predicted molar refractivity (Wildman–Crippen MR) is 81.6 cm³/mol. The number of nitrogens with one attached hydrogen (secondary N) is 1. The molecular weight excluding hydrogens is 271 g/mol. The molecule has 2 N–H and O–H groups in total. The van der Waals surface area contributed by atoms with Crippen LogP contribution in [0.15, 0.2) is 24.3 Å². The predicted octanol–water partition coefficient (Wildman–Crippen LogP) is 2.56. The zero-order chi connectivity index (χ0) is 16.0. The molecule has 1 aromatic carbocycles. The van der Waals surface area contributed by atoms with Gasteiger partial charge in [-0.15, -0.1) is 0 Å². The highest BCUT2D eigenvalue weighted by Crippen LogP contribution is 2.10. The van der Waals surface area contributed by atoms with E-state index in [1.54, 1.807) is 32.0 Å². The molecule has 0 bridgehead atoms. The Morgan fingerprint density at radius 2 is 2.05 bits per heavy atom. The topological polar surface area (TPSA) is 52.6 Å². The van der Waals surface area contributed by atoms with Crippen molar-refractivity contribution in [2.24, 2.45) is 0 Å². The number of rotatable bonds is 6. The molecule has 1 rings (SSSR count). The van der Waals surface area contributed by atoms with E-state index in [1.165, 1.54) is 11.0 Å². The molecule has 118 valence electrons. The average Bonchev–Trinajstić information content (AvgIpc) is 2.37. The molecule has 0 aromatic heterocycles. The van der Waals surface area contributed by atoms with E-state index in [4.69, 9.17) is 0 Å². The second kappa shape index (κ2) is 7.41. The molecule has 21 heavy (non-hydrogen) atoms. The Kier molecular flexibility index (Phi) is 6.15. The van der Waals surface area contributed by atoms with Crippen molar-refractivity contribution in [1.82, 2.24) is 10.2 Å². The molecule has 1 unspecified atom stereocenters. The monoisotopic (exact) mass is 296 g/mol. The highest BCUT2D eigenvalue weighted by Gasteiger charge is 2.22. The van der Waals surface area contributed by atoms with E-state index >= 15 is 0 Å². The van der Waals surface area contributed by atoms with Crippen molar-refractivity contribution in [2.75, 3.05) is 13.1 Å². The molecule has 5 heteroatoms. The minimum atomic E-state index is -0.942. The molecule has 2 amide bonds. The number of amides is 2. The molecule has 4 nitrogen and oxygen atoms in total. The van der Waals surface area contributed by atoms with Gasteiger partial charge in [0.05, 0.1) is 12.1 Å². The smallest absolute Gasteiger partial charge is 0.317 e. The lowest BCUT2D eigenvalue weighted by Gasteiger charge is -2.29. The Labute approximate surface area is 126 Å². The van der Waals surface area contributed by atoms with Crippen molar-refractivity contribution in [2.45, 2.75) is 45.8 Å². The number of carbonyl (C=O) groups is 1. The van der Waals surface area contributed by atoms with E-state index in [-0.39, 0.29) is 24.4 Å². The fourth-order valence-corrected chi connectivity index (χ4v) is 2.14. The summed E-state index contributed by atoms with van der Waals surface area (Å²) in [6.07, 6.45) is 0.429. The molecule has 1 aromatic rings. The van der Waals surface area contributed by atoms with Crippen molar-refractivity contribution >= 4 is 6.03 Å². The standard InChI is InChI=1S/C16H25FN2O2/c1-5-19(11-16(3,4)21)15(20)18-12(2)10-13-8-6-7-9-14(13)17/h6-9,12,21H,5,10-11H2,1-4H3,(H,18,20). The van der Waals surface area contributed by atoms with Gasteiger partial charge in [-0.3, -0.25) is 0 Å². The number of likely N-dealkylation sites (N-methyl/N-ethyl adjacent to an activating group) is 1. The summed E-state index contributed by atoms with van der Waals surface area (Å²) in [5.74, 6) is -0.262. The number of halogens is 1. The first-order valence-corrected chi connectivity index (χ1v) is 7.24. The molecule has 0 saturated carbocycles. The lowest BCUT2D eigenvalue weighted by atomic mass is 10.1. The Morgan fingerprint density at radius 1 is 1.43 bits per heavy atom. The van der Waals surface area contributed by atoms with Gasteiger partial charge in [0.15, 0.2) is 0 Å². The molecular formula is C16H25FN2O2. The quantitative estimate of drug-likeness (QED) is 0.847. The van der Waals surface area contributed by atoms with Crippen LogP contribution in [-0.2, 0) is 6.42 Å². The molecule has 0 aliphatic carbocycles. The number of hydrogen-bond acceptors (Lipinski definition) is 2. The van der Waals surface area contributed by atoms with Gasteiger partial charge >= 0.3 is 6.03 Å². The van der Waals surface area contributed by atoms with E-state index in [0.29, 0.717) is 18.5 Å². The first kappa shape index (κ1) is 17.4. The number of benzene rings is 1. The minimum absolute atomic E-state index is 0.190. The van der Waals surface area contributed by atoms with Crippen LogP contribution in [0.1, 0.15) is 33.3 Å². The van der Waals surface area contributed by atoms with Crippen molar-refractivity contribution in [1.29, 1.82) is 0 Å². The van der Waals surface area contributed by atoms with Crippen LogP contribution >= 0.6 is 0 Å². The van der Waals surface area contributed by atoms with Gasteiger partial charge in [0.2, 0.25) is 0 Å². The summed E-state index contributed by atoms with van der Waals surface area (Å²) in [4.78, 5) is 13.7. The van der Waals surface area contributed by atoms with Gasteiger partial charge in [-0.1, -0.05) is 18.2 Å². The Bertz CT molecular complexity index is 472. The summed E-state index contributed by atoms with van der Waals surface area (Å²) >= 11 is 0. The van der Waals surface area contributed by atoms with Crippen LogP contribution in [0.4, 0.5) is 9.18 Å². The lowest BCUT2D eigenvalue weighted by molar-refractivity contribution is 0.0476. The zero-order valence-electron chi connectivity index (χ0n) is 13.2. The van der Waals surface area contributed by atoms with Crippen LogP contribution in [-0.4, -0.2) is 40.8 Å². The first-order chi connectivity index (χ1) is 9.73. The molecule has 0 radical (unpaired) electrons. The van der Waals surface area contributed by atoms with E-state index in [1.807, 2.05) is 13.8 Å². The number of carbonyl (C=O) groups excluding carboxylic acids is 1. The number of hydrogen-bond donors (Lipinski definition) is 2. The van der Waals surface area contributed by atoms with Crippen molar-refractivity contribution < 1.29 is 14.3 Å². The summed E-state index contributed by atoms with van der Waals surface area (Å²) in [7, 11) is 0. The first-order valence-electron chi connectivity index (χ1n) is 7.24. The maximum atomic E-state index is 13.6. The fraction of sp³-hybridized carbons (Fsp3) is 0.562.